The van der Waals surface area contributed by atoms with E-state index < -0.39 is 0 Å². The normalized spacial score (nSPS) is 13.4. The minimum Gasteiger partial charge on any atom is -0.240 e. The van der Waals surface area contributed by atoms with Crippen molar-refractivity contribution in [1.29, 1.82) is 0 Å². The number of fused-ring (bicyclic) bond motifs is 1. The molecule has 0 bridgehead atoms. The van der Waals surface area contributed by atoms with Crippen LogP contribution in [0.4, 0.5) is 0 Å². The van der Waals surface area contributed by atoms with E-state index in [0.29, 0.717) is 4.83 Å². The first kappa shape index (κ1) is 9.16. The van der Waals surface area contributed by atoms with Crippen molar-refractivity contribution in [3.05, 3.63) is 29.3 Å². The van der Waals surface area contributed by atoms with E-state index in [-0.39, 0.29) is 0 Å². The first-order valence-corrected chi connectivity index (χ1v) is 6.04. The average molecular weight is 256 g/mol. The number of para-hydroxylation sites is 1. The van der Waals surface area contributed by atoms with Crippen molar-refractivity contribution in [3.63, 3.8) is 0 Å². The molecule has 0 aliphatic carbocycles. The fourth-order valence-electron chi connectivity index (χ4n) is 1.20. The van der Waals surface area contributed by atoms with Gasteiger partial charge in [0.1, 0.15) is 5.01 Å². The molecule has 0 saturated carbocycles. The van der Waals surface area contributed by atoms with Crippen LogP contribution in [0.3, 0.4) is 0 Å². The van der Waals surface area contributed by atoms with Crippen LogP contribution >= 0.6 is 27.3 Å². The summed E-state index contributed by atoms with van der Waals surface area (Å²) >= 11 is 5.38. The van der Waals surface area contributed by atoms with Gasteiger partial charge in [-0.2, -0.15) is 0 Å². The Hall–Kier alpha value is -0.410. The molecule has 1 nitrogen and oxygen atoms in total. The molecule has 1 atom stereocenters. The van der Waals surface area contributed by atoms with Crippen LogP contribution in [0.15, 0.2) is 24.3 Å². The highest BCUT2D eigenvalue weighted by Gasteiger charge is 2.09. The second-order valence-corrected chi connectivity index (χ2v) is 5.06. The minimum atomic E-state index is 0.407. The van der Waals surface area contributed by atoms with E-state index >= 15 is 0 Å². The summed E-state index contributed by atoms with van der Waals surface area (Å²) in [5, 5.41) is 1.18. The van der Waals surface area contributed by atoms with Crippen molar-refractivity contribution in [2.45, 2.75) is 18.2 Å². The topological polar surface area (TPSA) is 12.9 Å². The Balaban J connectivity index is 2.49. The molecule has 0 aliphatic rings. The van der Waals surface area contributed by atoms with Gasteiger partial charge < -0.3 is 0 Å². The van der Waals surface area contributed by atoms with Crippen molar-refractivity contribution in [2.75, 3.05) is 0 Å². The van der Waals surface area contributed by atoms with E-state index in [1.807, 2.05) is 6.07 Å². The molecule has 13 heavy (non-hydrogen) atoms. The Morgan fingerprint density at radius 2 is 2.23 bits per heavy atom. The number of halogens is 1. The molecule has 68 valence electrons. The van der Waals surface area contributed by atoms with Gasteiger partial charge in [-0.15, -0.1) is 11.3 Å². The number of rotatable bonds is 2. The van der Waals surface area contributed by atoms with Crippen molar-refractivity contribution in [1.82, 2.24) is 4.98 Å². The minimum absolute atomic E-state index is 0.407. The molecule has 0 saturated heterocycles. The van der Waals surface area contributed by atoms with Crippen LogP contribution in [0.5, 0.6) is 0 Å². The molecule has 0 N–H and O–H groups in total. The Morgan fingerprint density at radius 1 is 1.46 bits per heavy atom. The maximum Gasteiger partial charge on any atom is 0.107 e. The smallest absolute Gasteiger partial charge is 0.107 e. The van der Waals surface area contributed by atoms with Gasteiger partial charge in [-0.1, -0.05) is 35.0 Å². The number of hydrogen-bond donors (Lipinski definition) is 0. The summed E-state index contributed by atoms with van der Waals surface area (Å²) in [5.41, 5.74) is 1.11. The van der Waals surface area contributed by atoms with Gasteiger partial charge in [0.25, 0.3) is 0 Å². The second kappa shape index (κ2) is 3.76. The lowest BCUT2D eigenvalue weighted by atomic mass is 10.3. The standard InChI is InChI=1S/C10H10BrNS/c1-2-7(11)10-12-8-5-3-4-6-9(8)13-10/h3-7H,2H2,1H3/t7-/m0/s1. The number of benzene rings is 1. The van der Waals surface area contributed by atoms with E-state index in [0.717, 1.165) is 11.9 Å². The van der Waals surface area contributed by atoms with E-state index in [4.69, 9.17) is 0 Å². The Kier molecular flexibility index (Phi) is 2.65. The van der Waals surface area contributed by atoms with E-state index in [2.05, 4.69) is 46.0 Å². The average Bonchev–Trinajstić information content (AvgIpc) is 2.59. The lowest BCUT2D eigenvalue weighted by Crippen LogP contribution is -1.83. The molecule has 3 heteroatoms. The summed E-state index contributed by atoms with van der Waals surface area (Å²) in [5.74, 6) is 0. The van der Waals surface area contributed by atoms with Gasteiger partial charge in [-0.05, 0) is 18.6 Å². The third-order valence-corrected chi connectivity index (χ3v) is 4.47. The number of thiazole rings is 1. The van der Waals surface area contributed by atoms with Gasteiger partial charge in [0.2, 0.25) is 0 Å². The predicted octanol–water partition coefficient (Wildman–Crippen LogP) is 4.14. The molecule has 1 heterocycles. The molecule has 0 aliphatic heterocycles. The summed E-state index contributed by atoms with van der Waals surface area (Å²) in [6.45, 7) is 2.16. The number of alkyl halides is 1. The molecule has 0 radical (unpaired) electrons. The van der Waals surface area contributed by atoms with Gasteiger partial charge in [-0.3, -0.25) is 0 Å². The highest BCUT2D eigenvalue weighted by atomic mass is 79.9. The molecule has 2 rings (SSSR count). The van der Waals surface area contributed by atoms with Crippen LogP contribution in [0.1, 0.15) is 23.2 Å². The fourth-order valence-corrected chi connectivity index (χ4v) is 2.61. The summed E-state index contributed by atoms with van der Waals surface area (Å²) in [7, 11) is 0. The largest absolute Gasteiger partial charge is 0.240 e. The second-order valence-electron chi connectivity index (χ2n) is 2.90. The SMILES string of the molecule is CC[C@H](Br)c1nc2ccccc2s1. The van der Waals surface area contributed by atoms with Crippen molar-refractivity contribution < 1.29 is 0 Å². The number of nitrogens with zero attached hydrogens (tertiary/aromatic N) is 1. The third kappa shape index (κ3) is 1.76. The maximum atomic E-state index is 4.56. The van der Waals surface area contributed by atoms with Crippen LogP contribution in [0.25, 0.3) is 10.2 Å². The zero-order valence-corrected chi connectivity index (χ0v) is 9.73. The zero-order valence-electron chi connectivity index (χ0n) is 7.33. The van der Waals surface area contributed by atoms with Crippen molar-refractivity contribution in [2.24, 2.45) is 0 Å². The molecule has 1 aromatic heterocycles. The Labute approximate surface area is 89.9 Å². The first-order chi connectivity index (χ1) is 6.31. The van der Waals surface area contributed by atoms with E-state index in [9.17, 15) is 0 Å². The van der Waals surface area contributed by atoms with Crippen LogP contribution in [-0.4, -0.2) is 4.98 Å². The molecule has 0 spiro atoms. The Bertz CT molecular complexity index is 377. The van der Waals surface area contributed by atoms with Crippen molar-refractivity contribution >= 4 is 37.5 Å². The predicted molar refractivity (Wildman–Crippen MR) is 61.6 cm³/mol. The van der Waals surface area contributed by atoms with Crippen LogP contribution in [0, 0.1) is 0 Å². The van der Waals surface area contributed by atoms with Gasteiger partial charge in [0.15, 0.2) is 0 Å². The third-order valence-electron chi connectivity index (χ3n) is 1.94. The highest BCUT2D eigenvalue weighted by Crippen LogP contribution is 2.32. The molecule has 1 aromatic carbocycles. The fraction of sp³-hybridized carbons (Fsp3) is 0.300. The first-order valence-electron chi connectivity index (χ1n) is 4.31. The zero-order chi connectivity index (χ0) is 9.26. The van der Waals surface area contributed by atoms with Gasteiger partial charge in [-0.25, -0.2) is 4.98 Å². The lowest BCUT2D eigenvalue weighted by molar-refractivity contribution is 0.902. The Morgan fingerprint density at radius 3 is 2.92 bits per heavy atom. The number of hydrogen-bond acceptors (Lipinski definition) is 2. The van der Waals surface area contributed by atoms with Crippen LogP contribution in [0.2, 0.25) is 0 Å². The molecular formula is C10H10BrNS. The molecule has 0 unspecified atom stereocenters. The molecule has 0 amide bonds. The summed E-state index contributed by atoms with van der Waals surface area (Å²) in [6.07, 6.45) is 1.08. The van der Waals surface area contributed by atoms with Gasteiger partial charge in [0, 0.05) is 0 Å². The molecular weight excluding hydrogens is 246 g/mol. The summed E-state index contributed by atoms with van der Waals surface area (Å²) in [6, 6.07) is 8.26. The lowest BCUT2D eigenvalue weighted by Gasteiger charge is -1.98. The van der Waals surface area contributed by atoms with E-state index in [1.165, 1.54) is 9.71 Å². The van der Waals surface area contributed by atoms with Crippen LogP contribution in [-0.2, 0) is 0 Å². The van der Waals surface area contributed by atoms with Crippen LogP contribution < -0.4 is 0 Å². The molecule has 0 fully saturated rings. The maximum absolute atomic E-state index is 4.56. The summed E-state index contributed by atoms with van der Waals surface area (Å²) in [4.78, 5) is 4.96. The highest BCUT2D eigenvalue weighted by molar-refractivity contribution is 9.09. The monoisotopic (exact) mass is 255 g/mol. The molecule has 2 aromatic rings. The van der Waals surface area contributed by atoms with Crippen molar-refractivity contribution in [3.8, 4) is 0 Å². The van der Waals surface area contributed by atoms with E-state index in [1.54, 1.807) is 11.3 Å². The quantitative estimate of drug-likeness (QED) is 0.736. The van der Waals surface area contributed by atoms with Gasteiger partial charge >= 0.3 is 0 Å². The van der Waals surface area contributed by atoms with Gasteiger partial charge in [0.05, 0.1) is 15.0 Å². The summed E-state index contributed by atoms with van der Waals surface area (Å²) < 4.78 is 1.27. The number of aromatic nitrogens is 1.